The number of rotatable bonds is 6. The minimum Gasteiger partial charge on any atom is -0.497 e. The summed E-state index contributed by atoms with van der Waals surface area (Å²) in [5.41, 5.74) is 1.26. The van der Waals surface area contributed by atoms with Crippen molar-refractivity contribution in [3.05, 3.63) is 33.8 Å². The molecule has 0 aliphatic rings. The standard InChI is InChI=1S/C13H18N4OS2/c1-14-12-15-17(13(19)20-12)9-16(2)8-10-4-6-11(18-3)7-5-10/h4-7H,8-9H2,1-3H3,(H,14,15)/p+1. The van der Waals surface area contributed by atoms with Crippen molar-refractivity contribution >= 4 is 28.7 Å². The number of nitrogens with one attached hydrogen (secondary N) is 2. The molecule has 0 saturated carbocycles. The van der Waals surface area contributed by atoms with E-state index in [4.69, 9.17) is 17.0 Å². The maximum absolute atomic E-state index is 5.30. The van der Waals surface area contributed by atoms with Crippen molar-refractivity contribution in [2.75, 3.05) is 26.5 Å². The molecule has 1 heterocycles. The highest BCUT2D eigenvalue weighted by Crippen LogP contribution is 2.12. The van der Waals surface area contributed by atoms with Crippen molar-refractivity contribution in [1.82, 2.24) is 9.78 Å². The first kappa shape index (κ1) is 15.0. The molecule has 1 aromatic carbocycles. The molecule has 7 heteroatoms. The summed E-state index contributed by atoms with van der Waals surface area (Å²) in [5, 5.41) is 8.29. The Morgan fingerprint density at radius 1 is 1.40 bits per heavy atom. The number of methoxy groups -OCH3 is 1. The molecule has 108 valence electrons. The molecule has 5 nitrogen and oxygen atoms in total. The highest BCUT2D eigenvalue weighted by molar-refractivity contribution is 7.73. The van der Waals surface area contributed by atoms with Crippen molar-refractivity contribution < 1.29 is 9.64 Å². The average Bonchev–Trinajstić information content (AvgIpc) is 2.80. The zero-order valence-corrected chi connectivity index (χ0v) is 13.5. The van der Waals surface area contributed by atoms with Crippen molar-refractivity contribution in [3.8, 4) is 5.75 Å². The van der Waals surface area contributed by atoms with Gasteiger partial charge in [-0.25, -0.2) is 0 Å². The van der Waals surface area contributed by atoms with Gasteiger partial charge in [-0.2, -0.15) is 4.68 Å². The van der Waals surface area contributed by atoms with Crippen LogP contribution in [0.5, 0.6) is 5.75 Å². The Kier molecular flexibility index (Phi) is 5.11. The molecule has 0 radical (unpaired) electrons. The summed E-state index contributed by atoms with van der Waals surface area (Å²) in [7, 11) is 5.66. The van der Waals surface area contributed by atoms with Crippen molar-refractivity contribution in [1.29, 1.82) is 0 Å². The van der Waals surface area contributed by atoms with Crippen LogP contribution in [0, 0.1) is 3.95 Å². The van der Waals surface area contributed by atoms with Crippen LogP contribution < -0.4 is 15.0 Å². The van der Waals surface area contributed by atoms with Crippen LogP contribution in [0.25, 0.3) is 0 Å². The summed E-state index contributed by atoms with van der Waals surface area (Å²) < 4.78 is 7.82. The number of benzene rings is 1. The van der Waals surface area contributed by atoms with Crippen LogP contribution in [0.1, 0.15) is 5.56 Å². The van der Waals surface area contributed by atoms with E-state index in [-0.39, 0.29) is 0 Å². The molecule has 20 heavy (non-hydrogen) atoms. The van der Waals surface area contributed by atoms with Crippen molar-refractivity contribution in [2.45, 2.75) is 13.2 Å². The third-order valence-corrected chi connectivity index (χ3v) is 4.23. The van der Waals surface area contributed by atoms with Gasteiger partial charge in [-0.1, -0.05) is 11.3 Å². The summed E-state index contributed by atoms with van der Waals surface area (Å²) in [6.45, 7) is 1.67. The molecule has 0 bridgehead atoms. The molecule has 1 atom stereocenters. The molecule has 0 spiro atoms. The highest BCUT2D eigenvalue weighted by atomic mass is 32.1. The van der Waals surface area contributed by atoms with Gasteiger partial charge in [0.05, 0.1) is 14.2 Å². The van der Waals surface area contributed by atoms with Crippen LogP contribution in [0.4, 0.5) is 5.13 Å². The Morgan fingerprint density at radius 3 is 2.65 bits per heavy atom. The summed E-state index contributed by atoms with van der Waals surface area (Å²) in [6, 6.07) is 8.13. The molecule has 0 amide bonds. The Balaban J connectivity index is 1.98. The summed E-state index contributed by atoms with van der Waals surface area (Å²) in [5.74, 6) is 0.881. The van der Waals surface area contributed by atoms with Gasteiger partial charge in [0, 0.05) is 12.6 Å². The van der Waals surface area contributed by atoms with Crippen LogP contribution in [-0.4, -0.2) is 31.0 Å². The maximum Gasteiger partial charge on any atom is 0.204 e. The molecule has 0 saturated heterocycles. The van der Waals surface area contributed by atoms with Gasteiger partial charge < -0.3 is 15.0 Å². The fourth-order valence-electron chi connectivity index (χ4n) is 1.91. The quantitative estimate of drug-likeness (QED) is 0.792. The van der Waals surface area contributed by atoms with Crippen molar-refractivity contribution in [2.24, 2.45) is 0 Å². The van der Waals surface area contributed by atoms with E-state index < -0.39 is 0 Å². The Bertz CT molecular complexity index is 606. The van der Waals surface area contributed by atoms with E-state index in [2.05, 4.69) is 29.6 Å². The van der Waals surface area contributed by atoms with Crippen LogP contribution in [0.3, 0.4) is 0 Å². The molecule has 0 fully saturated rings. The molecule has 0 aliphatic heterocycles. The first-order valence-corrected chi connectivity index (χ1v) is 7.54. The van der Waals surface area contributed by atoms with E-state index in [9.17, 15) is 0 Å². The maximum atomic E-state index is 5.30. The topological polar surface area (TPSA) is 43.5 Å². The lowest BCUT2D eigenvalue weighted by Crippen LogP contribution is -3.07. The highest BCUT2D eigenvalue weighted by Gasteiger charge is 2.08. The molecule has 2 aromatic rings. The zero-order chi connectivity index (χ0) is 14.5. The predicted molar refractivity (Wildman–Crippen MR) is 84.1 cm³/mol. The normalized spacial score (nSPS) is 12.2. The largest absolute Gasteiger partial charge is 0.497 e. The lowest BCUT2D eigenvalue weighted by Gasteiger charge is -2.14. The number of quaternary nitrogens is 1. The zero-order valence-electron chi connectivity index (χ0n) is 11.8. The lowest BCUT2D eigenvalue weighted by atomic mass is 10.2. The van der Waals surface area contributed by atoms with Gasteiger partial charge in [-0.05, 0) is 36.5 Å². The van der Waals surface area contributed by atoms with Gasteiger partial charge in [0.1, 0.15) is 12.3 Å². The number of hydrogen-bond donors (Lipinski definition) is 2. The molecule has 1 unspecified atom stereocenters. The predicted octanol–water partition coefficient (Wildman–Crippen LogP) is 1.40. The smallest absolute Gasteiger partial charge is 0.204 e. The number of hydrogen-bond acceptors (Lipinski definition) is 5. The summed E-state index contributed by atoms with van der Waals surface area (Å²) >= 11 is 6.80. The van der Waals surface area contributed by atoms with Gasteiger partial charge in [0.15, 0.2) is 10.6 Å². The first-order valence-electron chi connectivity index (χ1n) is 6.32. The van der Waals surface area contributed by atoms with E-state index in [1.165, 1.54) is 21.8 Å². The minimum atomic E-state index is 0.753. The number of ether oxygens (including phenoxy) is 1. The molecule has 1 aromatic heterocycles. The van der Waals surface area contributed by atoms with E-state index in [1.54, 1.807) is 7.11 Å². The average molecular weight is 311 g/mol. The van der Waals surface area contributed by atoms with Crippen molar-refractivity contribution in [3.63, 3.8) is 0 Å². The molecule has 0 aliphatic carbocycles. The Morgan fingerprint density at radius 2 is 2.10 bits per heavy atom. The molecule has 2 rings (SSSR count). The van der Waals surface area contributed by atoms with Gasteiger partial charge >= 0.3 is 0 Å². The minimum absolute atomic E-state index is 0.753. The lowest BCUT2D eigenvalue weighted by molar-refractivity contribution is -0.917. The summed E-state index contributed by atoms with van der Waals surface area (Å²) in [6.07, 6.45) is 0. The van der Waals surface area contributed by atoms with Crippen LogP contribution >= 0.6 is 23.6 Å². The molecule has 2 N–H and O–H groups in total. The van der Waals surface area contributed by atoms with E-state index in [0.717, 1.165) is 28.0 Å². The molecular weight excluding hydrogens is 292 g/mol. The van der Waals surface area contributed by atoms with Crippen LogP contribution in [-0.2, 0) is 13.2 Å². The second-order valence-electron chi connectivity index (χ2n) is 4.56. The second-order valence-corrected chi connectivity index (χ2v) is 6.19. The second kappa shape index (κ2) is 6.83. The number of aromatic nitrogens is 2. The van der Waals surface area contributed by atoms with Gasteiger partial charge in [-0.15, -0.1) is 5.10 Å². The third kappa shape index (κ3) is 3.78. The summed E-state index contributed by atoms with van der Waals surface area (Å²) in [4.78, 5) is 1.32. The van der Waals surface area contributed by atoms with Crippen LogP contribution in [0.15, 0.2) is 24.3 Å². The first-order chi connectivity index (χ1) is 9.62. The van der Waals surface area contributed by atoms with Gasteiger partial charge in [-0.3, -0.25) is 0 Å². The fourth-order valence-corrected chi connectivity index (χ4v) is 2.87. The number of anilines is 1. The van der Waals surface area contributed by atoms with Gasteiger partial charge in [0.2, 0.25) is 5.13 Å². The Hall–Kier alpha value is -1.44. The third-order valence-electron chi connectivity index (χ3n) is 2.90. The van der Waals surface area contributed by atoms with Crippen LogP contribution in [0.2, 0.25) is 0 Å². The SMILES string of the molecule is CNc1nn(C[NH+](C)Cc2ccc(OC)cc2)c(=S)s1. The fraction of sp³-hybridized carbons (Fsp3) is 0.385. The van der Waals surface area contributed by atoms with E-state index in [0.29, 0.717) is 0 Å². The number of nitrogens with zero attached hydrogens (tertiary/aromatic N) is 2. The van der Waals surface area contributed by atoms with E-state index >= 15 is 0 Å². The van der Waals surface area contributed by atoms with Gasteiger partial charge in [0.25, 0.3) is 0 Å². The monoisotopic (exact) mass is 311 g/mol. The molecular formula is C13H19N4OS2+. The van der Waals surface area contributed by atoms with E-state index in [1.807, 2.05) is 23.9 Å². The Labute approximate surface area is 127 Å².